The van der Waals surface area contributed by atoms with Crippen LogP contribution in [0.4, 0.5) is 5.69 Å². The minimum atomic E-state index is -0.444. The minimum Gasteiger partial charge on any atom is -0.481 e. The maximum atomic E-state index is 13.5. The van der Waals surface area contributed by atoms with Gasteiger partial charge < -0.3 is 10.1 Å². The number of ether oxygens (including phenoxy) is 1. The molecule has 2 bridgehead atoms. The zero-order chi connectivity index (χ0) is 28.4. The molecule has 42 heavy (non-hydrogen) atoms. The molecule has 0 radical (unpaired) electrons. The van der Waals surface area contributed by atoms with Crippen molar-refractivity contribution < 1.29 is 14.3 Å². The fourth-order valence-electron chi connectivity index (χ4n) is 8.47. The Morgan fingerprint density at radius 3 is 2.52 bits per heavy atom. The van der Waals surface area contributed by atoms with Crippen LogP contribution in [0.1, 0.15) is 59.2 Å². The zero-order valence-electron chi connectivity index (χ0n) is 23.8. The number of nitrogens with zero attached hydrogens (tertiary/aromatic N) is 2. The third kappa shape index (κ3) is 4.01. The molecule has 0 aromatic heterocycles. The van der Waals surface area contributed by atoms with Crippen LogP contribution < -0.4 is 10.1 Å². The second-order valence-corrected chi connectivity index (χ2v) is 12.9. The molecule has 1 amide bonds. The molecule has 2 saturated carbocycles. The summed E-state index contributed by atoms with van der Waals surface area (Å²) >= 11 is 0. The average Bonchev–Trinajstić information content (AvgIpc) is 3.77. The van der Waals surface area contributed by atoms with E-state index in [0.717, 1.165) is 54.8 Å². The van der Waals surface area contributed by atoms with Crippen LogP contribution in [0.3, 0.4) is 0 Å². The maximum Gasteiger partial charge on any atom is 0.255 e. The number of hydrogen-bond acceptors (Lipinski definition) is 4. The number of carbonyl (C=O) groups excluding carboxylic acids is 2. The van der Waals surface area contributed by atoms with Crippen molar-refractivity contribution in [1.82, 2.24) is 10.2 Å². The van der Waals surface area contributed by atoms with E-state index in [9.17, 15) is 9.59 Å². The molecule has 4 atom stereocenters. The van der Waals surface area contributed by atoms with Gasteiger partial charge in [0.05, 0.1) is 12.1 Å². The van der Waals surface area contributed by atoms with Crippen molar-refractivity contribution in [3.8, 4) is 16.9 Å². The van der Waals surface area contributed by atoms with Gasteiger partial charge in [-0.15, -0.1) is 0 Å². The second kappa shape index (κ2) is 9.81. The van der Waals surface area contributed by atoms with Crippen LogP contribution in [0.15, 0.2) is 60.7 Å². The van der Waals surface area contributed by atoms with Gasteiger partial charge in [0.25, 0.3) is 5.91 Å². The standard InChI is InChI=1S/C36H35N3O3/c1-37-27-11-8-25(9-12-27)24-6-4-22(5-7-24)16-18-38-35(41)28-13-10-26-20-30-29-14-15-31(40)34-36(29,32(26)33(28)42-34)17-19-39(30)21-23-2-3-23/h4-13,23,29-30,34H,2-3,14-21H2,(H,38,41)/t29-,30+,34?,36-/m0/s1. The number of benzene rings is 3. The van der Waals surface area contributed by atoms with Crippen LogP contribution in [0, 0.1) is 18.4 Å². The lowest BCUT2D eigenvalue weighted by molar-refractivity contribution is -0.138. The van der Waals surface area contributed by atoms with Gasteiger partial charge in [-0.05, 0) is 85.2 Å². The van der Waals surface area contributed by atoms with Crippen molar-refractivity contribution in [2.24, 2.45) is 11.8 Å². The van der Waals surface area contributed by atoms with Crippen molar-refractivity contribution in [2.45, 2.75) is 62.5 Å². The molecular formula is C36H35N3O3. The number of nitrogens with one attached hydrogen (secondary N) is 1. The minimum absolute atomic E-state index is 0.128. The molecule has 6 heteroatoms. The second-order valence-electron chi connectivity index (χ2n) is 12.9. The Kier molecular flexibility index (Phi) is 6.01. The normalized spacial score (nSPS) is 27.1. The van der Waals surface area contributed by atoms with Gasteiger partial charge in [-0.25, -0.2) is 4.85 Å². The highest BCUT2D eigenvalue weighted by Crippen LogP contribution is 2.62. The SMILES string of the molecule is [C-]#[N+]c1ccc(-c2ccc(CCNC(=O)c3ccc4c5c3OC3C(=O)CC[C@H]6[C@@H](C4)N(CC4CC4)CC[C@]536)cc2)cc1. The first-order chi connectivity index (χ1) is 20.5. The molecule has 3 aliphatic carbocycles. The van der Waals surface area contributed by atoms with Crippen LogP contribution in [-0.2, 0) is 23.1 Å². The third-order valence-electron chi connectivity index (χ3n) is 10.7. The number of rotatable bonds is 7. The van der Waals surface area contributed by atoms with Crippen LogP contribution in [0.25, 0.3) is 16.0 Å². The molecular weight excluding hydrogens is 522 g/mol. The predicted octanol–water partition coefficient (Wildman–Crippen LogP) is 5.90. The molecule has 3 aromatic carbocycles. The summed E-state index contributed by atoms with van der Waals surface area (Å²) in [5, 5.41) is 3.13. The zero-order valence-corrected chi connectivity index (χ0v) is 23.8. The Hall–Kier alpha value is -3.95. The summed E-state index contributed by atoms with van der Waals surface area (Å²) in [4.78, 5) is 33.0. The number of piperidine rings is 1. The Morgan fingerprint density at radius 1 is 1.02 bits per heavy atom. The smallest absolute Gasteiger partial charge is 0.255 e. The first kappa shape index (κ1) is 25.7. The number of hydrogen-bond donors (Lipinski definition) is 1. The van der Waals surface area contributed by atoms with Gasteiger partial charge in [-0.1, -0.05) is 54.6 Å². The number of amides is 1. The van der Waals surface area contributed by atoms with Gasteiger partial charge in [-0.3, -0.25) is 14.5 Å². The van der Waals surface area contributed by atoms with E-state index in [0.29, 0.717) is 41.9 Å². The van der Waals surface area contributed by atoms with Crippen molar-refractivity contribution in [1.29, 1.82) is 0 Å². The monoisotopic (exact) mass is 557 g/mol. The Morgan fingerprint density at radius 2 is 1.79 bits per heavy atom. The molecule has 212 valence electrons. The predicted molar refractivity (Wildman–Crippen MR) is 161 cm³/mol. The van der Waals surface area contributed by atoms with E-state index in [2.05, 4.69) is 45.4 Å². The average molecular weight is 558 g/mol. The molecule has 8 rings (SSSR count). The molecule has 2 heterocycles. The van der Waals surface area contributed by atoms with E-state index >= 15 is 0 Å². The van der Waals surface area contributed by atoms with Gasteiger partial charge >= 0.3 is 0 Å². The largest absolute Gasteiger partial charge is 0.481 e. The van der Waals surface area contributed by atoms with Gasteiger partial charge in [-0.2, -0.15) is 0 Å². The van der Waals surface area contributed by atoms with E-state index < -0.39 is 6.10 Å². The summed E-state index contributed by atoms with van der Waals surface area (Å²) in [6.45, 7) is 9.85. The van der Waals surface area contributed by atoms with Crippen molar-refractivity contribution in [2.75, 3.05) is 19.6 Å². The summed E-state index contributed by atoms with van der Waals surface area (Å²) in [6, 6.07) is 20.5. The van der Waals surface area contributed by atoms with Crippen LogP contribution in [0.5, 0.6) is 5.75 Å². The van der Waals surface area contributed by atoms with Gasteiger partial charge in [0, 0.05) is 36.5 Å². The van der Waals surface area contributed by atoms with E-state index in [-0.39, 0.29) is 17.1 Å². The highest BCUT2D eigenvalue weighted by Gasteiger charge is 2.66. The molecule has 1 spiro atoms. The molecule has 1 unspecified atom stereocenters. The summed E-state index contributed by atoms with van der Waals surface area (Å²) < 4.78 is 6.56. The number of ketones is 1. The molecule has 2 aliphatic heterocycles. The van der Waals surface area contributed by atoms with E-state index in [4.69, 9.17) is 11.3 Å². The molecule has 1 N–H and O–H groups in total. The lowest BCUT2D eigenvalue weighted by Gasteiger charge is -2.57. The van der Waals surface area contributed by atoms with Crippen LogP contribution in [0.2, 0.25) is 0 Å². The van der Waals surface area contributed by atoms with Gasteiger partial charge in [0.15, 0.2) is 17.6 Å². The van der Waals surface area contributed by atoms with Crippen molar-refractivity contribution in [3.05, 3.63) is 94.3 Å². The molecule has 3 aromatic rings. The van der Waals surface area contributed by atoms with E-state index in [1.807, 2.05) is 30.3 Å². The van der Waals surface area contributed by atoms with Crippen LogP contribution >= 0.6 is 0 Å². The molecule has 6 nitrogen and oxygen atoms in total. The van der Waals surface area contributed by atoms with Gasteiger partial charge in [0.1, 0.15) is 5.75 Å². The first-order valence-electron chi connectivity index (χ1n) is 15.5. The number of likely N-dealkylation sites (tertiary alicyclic amines) is 1. The molecule has 5 aliphatic rings. The van der Waals surface area contributed by atoms with Gasteiger partial charge in [0.2, 0.25) is 0 Å². The highest BCUT2D eigenvalue weighted by molar-refractivity contribution is 5.99. The fraction of sp³-hybridized carbons (Fsp3) is 0.417. The topological polar surface area (TPSA) is 63.0 Å². The van der Waals surface area contributed by atoms with Crippen LogP contribution in [-0.4, -0.2) is 48.4 Å². The Labute approximate surface area is 246 Å². The maximum absolute atomic E-state index is 13.5. The summed E-state index contributed by atoms with van der Waals surface area (Å²) in [7, 11) is 0. The van der Waals surface area contributed by atoms with Crippen molar-refractivity contribution in [3.63, 3.8) is 0 Å². The molecule has 3 fully saturated rings. The third-order valence-corrected chi connectivity index (χ3v) is 10.7. The molecule has 1 saturated heterocycles. The summed E-state index contributed by atoms with van der Waals surface area (Å²) in [5.74, 6) is 2.04. The Balaban J connectivity index is 0.996. The fourth-order valence-corrected chi connectivity index (χ4v) is 8.47. The lowest BCUT2D eigenvalue weighted by atomic mass is 9.51. The number of carbonyl (C=O) groups is 2. The quantitative estimate of drug-likeness (QED) is 0.368. The first-order valence-corrected chi connectivity index (χ1v) is 15.5. The lowest BCUT2D eigenvalue weighted by Crippen LogP contribution is -2.66. The number of Topliss-reactive ketones (excluding diaryl/α,β-unsaturated/α-hetero) is 1. The van der Waals surface area contributed by atoms with E-state index in [1.54, 1.807) is 0 Å². The summed E-state index contributed by atoms with van der Waals surface area (Å²) in [5.41, 5.74) is 6.72. The highest BCUT2D eigenvalue weighted by atomic mass is 16.5. The van der Waals surface area contributed by atoms with E-state index in [1.165, 1.54) is 30.5 Å². The van der Waals surface area contributed by atoms with Crippen molar-refractivity contribution >= 4 is 17.4 Å². The Bertz CT molecular complexity index is 1620. The summed E-state index contributed by atoms with van der Waals surface area (Å²) in [6.07, 6.45) is 6.44.